The molecular weight excluding hydrogens is 213 g/mol. The van der Waals surface area contributed by atoms with E-state index in [1.54, 1.807) is 0 Å². The lowest BCUT2D eigenvalue weighted by molar-refractivity contribution is -0.144. The third kappa shape index (κ3) is 4.05. The molecule has 1 atom stereocenters. The Labute approximate surface area is 84.8 Å². The maximum absolute atomic E-state index is 12.0. The van der Waals surface area contributed by atoms with Gasteiger partial charge in [0.1, 0.15) is 0 Å². The van der Waals surface area contributed by atoms with Crippen molar-refractivity contribution in [2.45, 2.75) is 24.6 Å². The molecule has 0 amide bonds. The second-order valence-corrected chi connectivity index (χ2v) is 4.01. The highest BCUT2D eigenvalue weighted by Gasteiger charge is 2.40. The minimum absolute atomic E-state index is 0.0151. The van der Waals surface area contributed by atoms with Crippen molar-refractivity contribution in [3.63, 3.8) is 0 Å². The molecular formula is C8H13F3N2O2. The number of hydrogen-bond donors (Lipinski definition) is 2. The van der Waals surface area contributed by atoms with E-state index in [1.807, 2.05) is 0 Å². The summed E-state index contributed by atoms with van der Waals surface area (Å²) in [5.41, 5.74) is 4.66. The van der Waals surface area contributed by atoms with Gasteiger partial charge in [0.2, 0.25) is 0 Å². The molecule has 0 radical (unpaired) electrons. The number of carbonyl (C=O) groups is 1. The van der Waals surface area contributed by atoms with Gasteiger partial charge in [-0.15, -0.1) is 0 Å². The molecule has 0 aromatic rings. The SMILES string of the molecule is NC1(CC(=O)O)CCN(CC(F)(F)F)C1. The summed E-state index contributed by atoms with van der Waals surface area (Å²) in [5.74, 6) is -1.08. The molecule has 0 bridgehead atoms. The van der Waals surface area contributed by atoms with Crippen molar-refractivity contribution >= 4 is 5.97 Å². The van der Waals surface area contributed by atoms with Gasteiger partial charge in [-0.25, -0.2) is 0 Å². The Kier molecular flexibility index (Phi) is 3.25. The van der Waals surface area contributed by atoms with Crippen LogP contribution in [0.15, 0.2) is 0 Å². The fourth-order valence-corrected chi connectivity index (χ4v) is 1.82. The van der Waals surface area contributed by atoms with Crippen molar-refractivity contribution in [3.05, 3.63) is 0 Å². The lowest BCUT2D eigenvalue weighted by atomic mass is 9.96. The first-order valence-electron chi connectivity index (χ1n) is 4.50. The van der Waals surface area contributed by atoms with Gasteiger partial charge in [0.25, 0.3) is 0 Å². The van der Waals surface area contributed by atoms with Gasteiger partial charge >= 0.3 is 12.1 Å². The van der Waals surface area contributed by atoms with Crippen molar-refractivity contribution in [2.24, 2.45) is 5.73 Å². The molecule has 1 fully saturated rings. The number of rotatable bonds is 3. The summed E-state index contributed by atoms with van der Waals surface area (Å²) < 4.78 is 36.1. The van der Waals surface area contributed by atoms with Gasteiger partial charge < -0.3 is 10.8 Å². The Morgan fingerprint density at radius 1 is 1.53 bits per heavy atom. The van der Waals surface area contributed by atoms with E-state index in [0.717, 1.165) is 4.90 Å². The summed E-state index contributed by atoms with van der Waals surface area (Å²) in [7, 11) is 0. The number of likely N-dealkylation sites (tertiary alicyclic amines) is 1. The molecule has 1 unspecified atom stereocenters. The molecule has 1 aliphatic rings. The Bertz CT molecular complexity index is 257. The maximum atomic E-state index is 12.0. The van der Waals surface area contributed by atoms with E-state index < -0.39 is 24.2 Å². The minimum Gasteiger partial charge on any atom is -0.481 e. The van der Waals surface area contributed by atoms with Gasteiger partial charge in [-0.1, -0.05) is 0 Å². The number of nitrogens with two attached hydrogens (primary N) is 1. The van der Waals surface area contributed by atoms with Crippen LogP contribution in [0.25, 0.3) is 0 Å². The topological polar surface area (TPSA) is 66.6 Å². The smallest absolute Gasteiger partial charge is 0.401 e. The molecule has 88 valence electrons. The molecule has 0 saturated carbocycles. The summed E-state index contributed by atoms with van der Waals surface area (Å²) in [4.78, 5) is 11.6. The third-order valence-electron chi connectivity index (χ3n) is 2.37. The lowest BCUT2D eigenvalue weighted by Crippen LogP contribution is -2.45. The first kappa shape index (κ1) is 12.3. The van der Waals surface area contributed by atoms with Gasteiger partial charge in [-0.3, -0.25) is 9.69 Å². The highest BCUT2D eigenvalue weighted by Crippen LogP contribution is 2.25. The van der Waals surface area contributed by atoms with E-state index in [-0.39, 0.29) is 25.9 Å². The zero-order chi connectivity index (χ0) is 11.7. The lowest BCUT2D eigenvalue weighted by Gasteiger charge is -2.23. The predicted octanol–water partition coefficient (Wildman–Crippen LogP) is 0.427. The summed E-state index contributed by atoms with van der Waals surface area (Å²) in [6.07, 6.45) is -4.26. The Hall–Kier alpha value is -0.820. The molecule has 3 N–H and O–H groups in total. The van der Waals surface area contributed by atoms with E-state index in [9.17, 15) is 18.0 Å². The second kappa shape index (κ2) is 3.97. The van der Waals surface area contributed by atoms with Crippen LogP contribution in [-0.2, 0) is 4.79 Å². The number of carboxylic acid groups (broad SMARTS) is 1. The highest BCUT2D eigenvalue weighted by atomic mass is 19.4. The van der Waals surface area contributed by atoms with Crippen LogP contribution in [0.5, 0.6) is 0 Å². The van der Waals surface area contributed by atoms with E-state index in [1.165, 1.54) is 0 Å². The van der Waals surface area contributed by atoms with Crippen LogP contribution >= 0.6 is 0 Å². The van der Waals surface area contributed by atoms with Gasteiger partial charge in [0.15, 0.2) is 0 Å². The van der Waals surface area contributed by atoms with Gasteiger partial charge in [-0.05, 0) is 6.42 Å². The number of halogens is 3. The average Bonchev–Trinajstić information content (AvgIpc) is 2.25. The molecule has 7 heteroatoms. The largest absolute Gasteiger partial charge is 0.481 e. The molecule has 1 heterocycles. The highest BCUT2D eigenvalue weighted by molar-refractivity contribution is 5.68. The normalized spacial score (nSPS) is 28.3. The molecule has 15 heavy (non-hydrogen) atoms. The number of alkyl halides is 3. The molecule has 0 aromatic carbocycles. The summed E-state index contributed by atoms with van der Waals surface area (Å²) in [6, 6.07) is 0. The van der Waals surface area contributed by atoms with Crippen molar-refractivity contribution < 1.29 is 23.1 Å². The Morgan fingerprint density at radius 2 is 2.13 bits per heavy atom. The molecule has 0 aromatic heterocycles. The molecule has 1 rings (SSSR count). The number of aliphatic carboxylic acids is 1. The Balaban J connectivity index is 2.48. The number of hydrogen-bond acceptors (Lipinski definition) is 3. The summed E-state index contributed by atoms with van der Waals surface area (Å²) >= 11 is 0. The van der Waals surface area contributed by atoms with Crippen LogP contribution in [0.2, 0.25) is 0 Å². The van der Waals surface area contributed by atoms with Gasteiger partial charge in [0.05, 0.1) is 13.0 Å². The first-order chi connectivity index (χ1) is 6.70. The quantitative estimate of drug-likeness (QED) is 0.732. The van der Waals surface area contributed by atoms with Crippen molar-refractivity contribution in [1.82, 2.24) is 4.90 Å². The summed E-state index contributed by atoms with van der Waals surface area (Å²) in [5, 5.41) is 8.54. The fraction of sp³-hybridized carbons (Fsp3) is 0.875. The molecule has 0 aliphatic carbocycles. The van der Waals surface area contributed by atoms with Crippen LogP contribution in [0.4, 0.5) is 13.2 Å². The van der Waals surface area contributed by atoms with Crippen molar-refractivity contribution in [2.75, 3.05) is 19.6 Å². The third-order valence-corrected chi connectivity index (χ3v) is 2.37. The number of carboxylic acids is 1. The minimum atomic E-state index is -4.26. The standard InChI is InChI=1S/C8H13F3N2O2/c9-8(10,11)5-13-2-1-7(12,4-13)3-6(14)15/h1-5,12H2,(H,14,15). The molecule has 1 saturated heterocycles. The zero-order valence-corrected chi connectivity index (χ0v) is 8.05. The van der Waals surface area contributed by atoms with Crippen LogP contribution < -0.4 is 5.73 Å². The van der Waals surface area contributed by atoms with E-state index in [2.05, 4.69) is 0 Å². The molecule has 0 spiro atoms. The monoisotopic (exact) mass is 226 g/mol. The molecule has 1 aliphatic heterocycles. The first-order valence-corrected chi connectivity index (χ1v) is 4.50. The average molecular weight is 226 g/mol. The van der Waals surface area contributed by atoms with Gasteiger partial charge in [0, 0.05) is 18.6 Å². The van der Waals surface area contributed by atoms with Crippen LogP contribution in [0, 0.1) is 0 Å². The zero-order valence-electron chi connectivity index (χ0n) is 8.05. The Morgan fingerprint density at radius 3 is 2.60 bits per heavy atom. The number of nitrogens with zero attached hydrogens (tertiary/aromatic N) is 1. The van der Waals surface area contributed by atoms with E-state index >= 15 is 0 Å². The van der Waals surface area contributed by atoms with Crippen LogP contribution in [0.1, 0.15) is 12.8 Å². The molecule has 4 nitrogen and oxygen atoms in total. The van der Waals surface area contributed by atoms with E-state index in [0.29, 0.717) is 0 Å². The predicted molar refractivity (Wildman–Crippen MR) is 46.3 cm³/mol. The van der Waals surface area contributed by atoms with Crippen molar-refractivity contribution in [1.29, 1.82) is 0 Å². The van der Waals surface area contributed by atoms with Crippen LogP contribution in [-0.4, -0.2) is 47.3 Å². The van der Waals surface area contributed by atoms with Crippen molar-refractivity contribution in [3.8, 4) is 0 Å². The van der Waals surface area contributed by atoms with Crippen LogP contribution in [0.3, 0.4) is 0 Å². The van der Waals surface area contributed by atoms with Gasteiger partial charge in [-0.2, -0.15) is 13.2 Å². The van der Waals surface area contributed by atoms with E-state index in [4.69, 9.17) is 10.8 Å². The fourth-order valence-electron chi connectivity index (χ4n) is 1.82. The second-order valence-electron chi connectivity index (χ2n) is 4.01. The maximum Gasteiger partial charge on any atom is 0.401 e. The summed E-state index contributed by atoms with van der Waals surface area (Å²) in [6.45, 7) is -0.840.